The van der Waals surface area contributed by atoms with Crippen molar-refractivity contribution in [3.8, 4) is 0 Å². The van der Waals surface area contributed by atoms with Crippen LogP contribution in [0.1, 0.15) is 0 Å². The minimum Gasteiger partial charge on any atom is -0.463 e. The van der Waals surface area contributed by atoms with Crippen molar-refractivity contribution in [2.24, 2.45) is 0 Å². The summed E-state index contributed by atoms with van der Waals surface area (Å²) in [4.78, 5) is 13.9. The van der Waals surface area contributed by atoms with Gasteiger partial charge in [0.15, 0.2) is 0 Å². The van der Waals surface area contributed by atoms with Crippen LogP contribution in [0.2, 0.25) is 0 Å². The lowest BCUT2D eigenvalue weighted by molar-refractivity contribution is -0.143. The van der Waals surface area contributed by atoms with Crippen LogP contribution >= 0.6 is 0 Å². The van der Waals surface area contributed by atoms with Gasteiger partial charge in [0.05, 0.1) is 7.11 Å². The Morgan fingerprint density at radius 2 is 2.38 bits per heavy atom. The molecular formula is C3H7NO4. The summed E-state index contributed by atoms with van der Waals surface area (Å²) < 4.78 is 0. The molecule has 0 saturated heterocycles. The molecule has 5 nitrogen and oxygen atoms in total. The lowest BCUT2D eigenvalue weighted by atomic mass is 11.0. The van der Waals surface area contributed by atoms with E-state index in [0.717, 1.165) is 7.11 Å². The van der Waals surface area contributed by atoms with E-state index < -0.39 is 12.8 Å². The highest BCUT2D eigenvalue weighted by atomic mass is 16.7. The normalized spacial score (nSPS) is 8.75. The number of nitrogens with zero attached hydrogens (tertiary/aromatic N) is 1. The topological polar surface area (TPSA) is 70.0 Å². The highest BCUT2D eigenvalue weighted by molar-refractivity contribution is 5.63. The molecule has 0 rings (SSSR count). The molecule has 0 aliphatic heterocycles. The van der Waals surface area contributed by atoms with E-state index in [1.165, 1.54) is 0 Å². The van der Waals surface area contributed by atoms with E-state index in [0.29, 0.717) is 5.06 Å². The SMILES string of the molecule is CON(CO)C(=O)O. The van der Waals surface area contributed by atoms with E-state index in [1.807, 2.05) is 0 Å². The Morgan fingerprint density at radius 1 is 1.88 bits per heavy atom. The van der Waals surface area contributed by atoms with Crippen molar-refractivity contribution in [1.82, 2.24) is 5.06 Å². The van der Waals surface area contributed by atoms with Crippen molar-refractivity contribution < 1.29 is 19.8 Å². The molecule has 0 heterocycles. The van der Waals surface area contributed by atoms with Crippen molar-refractivity contribution >= 4 is 6.09 Å². The molecule has 0 bridgehead atoms. The summed E-state index contributed by atoms with van der Waals surface area (Å²) >= 11 is 0. The van der Waals surface area contributed by atoms with Gasteiger partial charge in [0, 0.05) is 0 Å². The van der Waals surface area contributed by atoms with Crippen molar-refractivity contribution in [3.63, 3.8) is 0 Å². The van der Waals surface area contributed by atoms with Crippen LogP contribution in [0.5, 0.6) is 0 Å². The number of aliphatic hydroxyl groups excluding tert-OH is 1. The number of hydrogen-bond donors (Lipinski definition) is 2. The van der Waals surface area contributed by atoms with Gasteiger partial charge in [0.2, 0.25) is 0 Å². The number of rotatable bonds is 2. The molecule has 1 amide bonds. The van der Waals surface area contributed by atoms with Gasteiger partial charge in [-0.25, -0.2) is 4.79 Å². The van der Waals surface area contributed by atoms with E-state index >= 15 is 0 Å². The van der Waals surface area contributed by atoms with Crippen LogP contribution < -0.4 is 0 Å². The average molecular weight is 121 g/mol. The molecule has 0 spiro atoms. The lowest BCUT2D eigenvalue weighted by Crippen LogP contribution is -2.28. The van der Waals surface area contributed by atoms with Gasteiger partial charge in [-0.05, 0) is 0 Å². The number of carboxylic acid groups (broad SMARTS) is 1. The van der Waals surface area contributed by atoms with Crippen molar-refractivity contribution in [3.05, 3.63) is 0 Å². The second-order valence-corrected chi connectivity index (χ2v) is 0.985. The maximum absolute atomic E-state index is 9.80. The molecule has 2 N–H and O–H groups in total. The minimum atomic E-state index is -1.31. The fraction of sp³-hybridized carbons (Fsp3) is 0.667. The predicted molar refractivity (Wildman–Crippen MR) is 24.0 cm³/mol. The van der Waals surface area contributed by atoms with Crippen molar-refractivity contribution in [1.29, 1.82) is 0 Å². The van der Waals surface area contributed by atoms with Gasteiger partial charge < -0.3 is 10.2 Å². The molecule has 8 heavy (non-hydrogen) atoms. The third kappa shape index (κ3) is 1.76. The molecule has 0 saturated carbocycles. The Morgan fingerprint density at radius 3 is 2.38 bits per heavy atom. The second kappa shape index (κ2) is 3.23. The second-order valence-electron chi connectivity index (χ2n) is 0.985. The Hall–Kier alpha value is -0.810. The zero-order valence-electron chi connectivity index (χ0n) is 4.37. The molecule has 0 aromatic rings. The molecule has 0 aliphatic rings. The van der Waals surface area contributed by atoms with Crippen LogP contribution in [0.15, 0.2) is 0 Å². The minimum absolute atomic E-state index is 0.389. The third-order valence-electron chi connectivity index (χ3n) is 0.562. The molecule has 0 aromatic carbocycles. The van der Waals surface area contributed by atoms with E-state index in [-0.39, 0.29) is 0 Å². The van der Waals surface area contributed by atoms with Crippen LogP contribution in [0.3, 0.4) is 0 Å². The molecule has 0 aromatic heterocycles. The zero-order chi connectivity index (χ0) is 6.57. The fourth-order valence-electron chi connectivity index (χ4n) is 0.196. The molecular weight excluding hydrogens is 114 g/mol. The first-order chi connectivity index (χ1) is 3.72. The van der Waals surface area contributed by atoms with Gasteiger partial charge in [-0.1, -0.05) is 0 Å². The Kier molecular flexibility index (Phi) is 2.90. The van der Waals surface area contributed by atoms with Gasteiger partial charge in [-0.15, -0.1) is 0 Å². The van der Waals surface area contributed by atoms with Crippen molar-refractivity contribution in [2.45, 2.75) is 0 Å². The first kappa shape index (κ1) is 7.19. The largest absolute Gasteiger partial charge is 0.463 e. The standard InChI is InChI=1S/C3H7NO4/c1-8-4(2-5)3(6)7/h5H,2H2,1H3,(H,6,7). The molecule has 0 aliphatic carbocycles. The Bertz CT molecular complexity index is 79.4. The number of hydroxylamine groups is 2. The quantitative estimate of drug-likeness (QED) is 0.381. The molecule has 0 fully saturated rings. The Labute approximate surface area is 46.0 Å². The zero-order valence-corrected chi connectivity index (χ0v) is 4.37. The first-order valence-electron chi connectivity index (χ1n) is 1.87. The molecule has 0 radical (unpaired) electrons. The summed E-state index contributed by atoms with van der Waals surface area (Å²) in [6, 6.07) is 0. The molecule has 5 heteroatoms. The average Bonchev–Trinajstić information content (AvgIpc) is 1.69. The fourth-order valence-corrected chi connectivity index (χ4v) is 0.196. The smallest absolute Gasteiger partial charge is 0.433 e. The maximum Gasteiger partial charge on any atom is 0.433 e. The van der Waals surface area contributed by atoms with E-state index in [1.54, 1.807) is 0 Å². The van der Waals surface area contributed by atoms with Gasteiger partial charge in [-0.2, -0.15) is 5.06 Å². The van der Waals surface area contributed by atoms with Crippen LogP contribution in [0.4, 0.5) is 4.79 Å². The number of carbonyl (C=O) groups is 1. The highest BCUT2D eigenvalue weighted by Crippen LogP contribution is 1.83. The summed E-state index contributed by atoms with van der Waals surface area (Å²) in [6.07, 6.45) is -1.31. The van der Waals surface area contributed by atoms with E-state index in [4.69, 9.17) is 10.2 Å². The summed E-state index contributed by atoms with van der Waals surface area (Å²) in [6.45, 7) is -0.647. The first-order valence-corrected chi connectivity index (χ1v) is 1.87. The summed E-state index contributed by atoms with van der Waals surface area (Å²) in [5.74, 6) is 0. The molecule has 0 unspecified atom stereocenters. The van der Waals surface area contributed by atoms with Crippen LogP contribution in [0.25, 0.3) is 0 Å². The molecule has 0 atom stereocenters. The number of hydrogen-bond acceptors (Lipinski definition) is 3. The summed E-state index contributed by atoms with van der Waals surface area (Å²) in [5.41, 5.74) is 0. The van der Waals surface area contributed by atoms with Crippen molar-refractivity contribution in [2.75, 3.05) is 13.8 Å². The van der Waals surface area contributed by atoms with Crippen LogP contribution in [-0.2, 0) is 4.84 Å². The van der Waals surface area contributed by atoms with Gasteiger partial charge in [0.25, 0.3) is 0 Å². The van der Waals surface area contributed by atoms with E-state index in [2.05, 4.69) is 4.84 Å². The summed E-state index contributed by atoms with van der Waals surface area (Å²) in [7, 11) is 1.16. The Balaban J connectivity index is 3.52. The lowest BCUT2D eigenvalue weighted by Gasteiger charge is -2.10. The van der Waals surface area contributed by atoms with Crippen LogP contribution in [0, 0.1) is 0 Å². The monoisotopic (exact) mass is 121 g/mol. The van der Waals surface area contributed by atoms with Crippen LogP contribution in [-0.4, -0.2) is 35.2 Å². The molecule has 48 valence electrons. The maximum atomic E-state index is 9.80. The number of amides is 1. The summed E-state index contributed by atoms with van der Waals surface area (Å²) in [5, 5.41) is 16.5. The van der Waals surface area contributed by atoms with E-state index in [9.17, 15) is 4.79 Å². The highest BCUT2D eigenvalue weighted by Gasteiger charge is 2.06. The third-order valence-corrected chi connectivity index (χ3v) is 0.562. The van der Waals surface area contributed by atoms with Gasteiger partial charge in [-0.3, -0.25) is 4.84 Å². The van der Waals surface area contributed by atoms with Gasteiger partial charge in [0.1, 0.15) is 6.73 Å². The number of aliphatic hydroxyl groups is 1. The van der Waals surface area contributed by atoms with Gasteiger partial charge >= 0.3 is 6.09 Å². The predicted octanol–water partition coefficient (Wildman–Crippen LogP) is -0.522.